The quantitative estimate of drug-likeness (QED) is 0.901. The fraction of sp³-hybridized carbons (Fsp3) is 0.250. The Morgan fingerprint density at radius 3 is 2.85 bits per heavy atom. The van der Waals surface area contributed by atoms with Crippen molar-refractivity contribution in [3.05, 3.63) is 69.4 Å². The van der Waals surface area contributed by atoms with E-state index in [0.29, 0.717) is 17.4 Å². The van der Waals surface area contributed by atoms with Crippen molar-refractivity contribution >= 4 is 15.9 Å². The number of hydrogen-bond acceptors (Lipinski definition) is 2. The van der Waals surface area contributed by atoms with E-state index in [2.05, 4.69) is 27.3 Å². The maximum atomic E-state index is 13.2. The molecule has 2 N–H and O–H groups in total. The molecule has 0 aromatic heterocycles. The summed E-state index contributed by atoms with van der Waals surface area (Å²) in [4.78, 5) is 0. The van der Waals surface area contributed by atoms with Crippen LogP contribution in [0.25, 0.3) is 0 Å². The van der Waals surface area contributed by atoms with Crippen molar-refractivity contribution in [2.45, 2.75) is 25.1 Å². The zero-order valence-corrected chi connectivity index (χ0v) is 12.4. The lowest BCUT2D eigenvalue weighted by molar-refractivity contribution is 0.140. The van der Waals surface area contributed by atoms with Gasteiger partial charge in [0.2, 0.25) is 0 Å². The summed E-state index contributed by atoms with van der Waals surface area (Å²) >= 11 is 3.19. The first-order valence-electron chi connectivity index (χ1n) is 6.58. The van der Waals surface area contributed by atoms with Crippen molar-refractivity contribution in [1.29, 1.82) is 0 Å². The van der Waals surface area contributed by atoms with E-state index in [1.807, 2.05) is 18.2 Å². The molecular formula is C16H15BrFNO. The van der Waals surface area contributed by atoms with Crippen LogP contribution < -0.4 is 5.32 Å². The van der Waals surface area contributed by atoms with Gasteiger partial charge in [0.15, 0.2) is 0 Å². The van der Waals surface area contributed by atoms with E-state index >= 15 is 0 Å². The fourth-order valence-corrected chi connectivity index (χ4v) is 3.12. The number of halogens is 2. The predicted molar refractivity (Wildman–Crippen MR) is 79.8 cm³/mol. The molecule has 2 aromatic rings. The first-order valence-corrected chi connectivity index (χ1v) is 7.37. The number of benzene rings is 2. The summed E-state index contributed by atoms with van der Waals surface area (Å²) in [6.07, 6.45) is 0.275. The minimum atomic E-state index is -0.406. The summed E-state index contributed by atoms with van der Waals surface area (Å²) in [7, 11) is 0. The Balaban J connectivity index is 1.74. The van der Waals surface area contributed by atoms with E-state index in [9.17, 15) is 9.50 Å². The van der Waals surface area contributed by atoms with Crippen LogP contribution in [0.15, 0.2) is 46.9 Å². The average molecular weight is 336 g/mol. The highest BCUT2D eigenvalue weighted by Gasteiger charge is 2.29. The molecule has 2 nitrogen and oxygen atoms in total. The molecule has 1 aliphatic rings. The second-order valence-electron chi connectivity index (χ2n) is 5.08. The van der Waals surface area contributed by atoms with Gasteiger partial charge in [0.1, 0.15) is 5.82 Å². The molecule has 0 unspecified atom stereocenters. The van der Waals surface area contributed by atoms with Crippen LogP contribution in [0.3, 0.4) is 0 Å². The van der Waals surface area contributed by atoms with Crippen molar-refractivity contribution in [2.75, 3.05) is 0 Å². The molecule has 4 heteroatoms. The normalized spacial score (nSPS) is 20.9. The Morgan fingerprint density at radius 1 is 1.25 bits per heavy atom. The predicted octanol–water partition coefficient (Wildman–Crippen LogP) is 3.34. The number of rotatable bonds is 3. The minimum absolute atomic E-state index is 0.0602. The van der Waals surface area contributed by atoms with E-state index in [1.54, 1.807) is 12.1 Å². The molecule has 20 heavy (non-hydrogen) atoms. The maximum Gasteiger partial charge on any atom is 0.137 e. The lowest BCUT2D eigenvalue weighted by Crippen LogP contribution is -2.28. The van der Waals surface area contributed by atoms with Crippen LogP contribution >= 0.6 is 15.9 Å². The number of nitrogens with one attached hydrogen (secondary N) is 1. The highest BCUT2D eigenvalue weighted by molar-refractivity contribution is 9.10. The Labute approximate surface area is 125 Å². The lowest BCUT2D eigenvalue weighted by Gasteiger charge is -2.18. The van der Waals surface area contributed by atoms with Crippen LogP contribution in [0.5, 0.6) is 0 Å². The second-order valence-corrected chi connectivity index (χ2v) is 5.93. The zero-order valence-electron chi connectivity index (χ0n) is 10.8. The standard InChI is InChI=1S/C16H15BrFNO/c17-13-7-10(5-6-14(13)18)9-19-16-12-4-2-1-3-11(12)8-15(16)20/h1-7,15-16,19-20H,8-9H2/t15-,16+/m1/s1. The fourth-order valence-electron chi connectivity index (χ4n) is 2.70. The first kappa shape index (κ1) is 13.7. The van der Waals surface area contributed by atoms with Gasteiger partial charge in [-0.05, 0) is 44.8 Å². The SMILES string of the molecule is O[C@@H]1Cc2ccccc2[C@@H]1NCc1ccc(F)c(Br)c1. The van der Waals surface area contributed by atoms with Crippen molar-refractivity contribution in [3.8, 4) is 0 Å². The molecule has 3 rings (SSSR count). The number of aliphatic hydroxyl groups excluding tert-OH is 1. The van der Waals surface area contributed by atoms with Crippen LogP contribution in [0, 0.1) is 5.82 Å². The van der Waals surface area contributed by atoms with Gasteiger partial charge in [-0.2, -0.15) is 0 Å². The molecule has 0 aliphatic heterocycles. The van der Waals surface area contributed by atoms with E-state index in [0.717, 1.165) is 11.1 Å². The Hall–Kier alpha value is -1.23. The highest BCUT2D eigenvalue weighted by atomic mass is 79.9. The van der Waals surface area contributed by atoms with Gasteiger partial charge >= 0.3 is 0 Å². The average Bonchev–Trinajstić information content (AvgIpc) is 2.76. The van der Waals surface area contributed by atoms with Crippen LogP contribution in [0.2, 0.25) is 0 Å². The van der Waals surface area contributed by atoms with Crippen LogP contribution in [0.4, 0.5) is 4.39 Å². The number of hydrogen-bond donors (Lipinski definition) is 2. The number of fused-ring (bicyclic) bond motifs is 1. The van der Waals surface area contributed by atoms with E-state index in [-0.39, 0.29) is 11.9 Å². The monoisotopic (exact) mass is 335 g/mol. The van der Waals surface area contributed by atoms with Gasteiger partial charge < -0.3 is 10.4 Å². The molecule has 104 valence electrons. The van der Waals surface area contributed by atoms with E-state index < -0.39 is 6.10 Å². The van der Waals surface area contributed by atoms with Crippen LogP contribution in [-0.4, -0.2) is 11.2 Å². The van der Waals surface area contributed by atoms with Gasteiger partial charge in [-0.3, -0.25) is 0 Å². The van der Waals surface area contributed by atoms with Crippen LogP contribution in [-0.2, 0) is 13.0 Å². The molecule has 0 radical (unpaired) electrons. The smallest absolute Gasteiger partial charge is 0.137 e. The Morgan fingerprint density at radius 2 is 2.05 bits per heavy atom. The Kier molecular flexibility index (Phi) is 3.87. The van der Waals surface area contributed by atoms with Crippen molar-refractivity contribution < 1.29 is 9.50 Å². The molecule has 2 atom stereocenters. The largest absolute Gasteiger partial charge is 0.391 e. The molecule has 0 amide bonds. The van der Waals surface area contributed by atoms with E-state index in [4.69, 9.17) is 0 Å². The first-order chi connectivity index (χ1) is 9.65. The Bertz CT molecular complexity index is 632. The summed E-state index contributed by atoms with van der Waals surface area (Å²) in [5.74, 6) is -0.264. The molecule has 0 bridgehead atoms. The lowest BCUT2D eigenvalue weighted by atomic mass is 10.1. The van der Waals surface area contributed by atoms with E-state index in [1.165, 1.54) is 11.6 Å². The van der Waals surface area contributed by atoms with Gasteiger partial charge in [-0.1, -0.05) is 30.3 Å². The van der Waals surface area contributed by atoms with Gasteiger partial charge in [0, 0.05) is 13.0 Å². The molecule has 0 saturated carbocycles. The zero-order chi connectivity index (χ0) is 14.1. The van der Waals surface area contributed by atoms with Crippen molar-refractivity contribution in [1.82, 2.24) is 5.32 Å². The van der Waals surface area contributed by atoms with Crippen LogP contribution in [0.1, 0.15) is 22.7 Å². The molecule has 2 aromatic carbocycles. The minimum Gasteiger partial charge on any atom is -0.391 e. The molecule has 0 saturated heterocycles. The summed E-state index contributed by atoms with van der Waals surface area (Å²) < 4.78 is 13.7. The third-order valence-electron chi connectivity index (χ3n) is 3.71. The summed E-state index contributed by atoms with van der Waals surface area (Å²) in [5.41, 5.74) is 3.33. The maximum absolute atomic E-state index is 13.2. The van der Waals surface area contributed by atoms with Gasteiger partial charge in [0.05, 0.1) is 16.6 Å². The molecule has 0 heterocycles. The summed E-state index contributed by atoms with van der Waals surface area (Å²) in [5, 5.41) is 13.5. The molecule has 0 spiro atoms. The second kappa shape index (κ2) is 5.64. The third-order valence-corrected chi connectivity index (χ3v) is 4.32. The van der Waals surface area contributed by atoms with Crippen molar-refractivity contribution in [2.24, 2.45) is 0 Å². The molecular weight excluding hydrogens is 321 g/mol. The van der Waals surface area contributed by atoms with Gasteiger partial charge in [-0.25, -0.2) is 4.39 Å². The van der Waals surface area contributed by atoms with Crippen molar-refractivity contribution in [3.63, 3.8) is 0 Å². The number of aliphatic hydroxyl groups is 1. The highest BCUT2D eigenvalue weighted by Crippen LogP contribution is 2.31. The third kappa shape index (κ3) is 2.64. The van der Waals surface area contributed by atoms with Gasteiger partial charge in [0.25, 0.3) is 0 Å². The summed E-state index contributed by atoms with van der Waals surface area (Å²) in [6.45, 7) is 0.592. The molecule has 1 aliphatic carbocycles. The van der Waals surface area contributed by atoms with Gasteiger partial charge in [-0.15, -0.1) is 0 Å². The molecule has 0 fully saturated rings. The topological polar surface area (TPSA) is 32.3 Å². The summed E-state index contributed by atoms with van der Waals surface area (Å²) in [6, 6.07) is 13.0.